The molecule has 104 valence electrons. The highest BCUT2D eigenvalue weighted by molar-refractivity contribution is 5.55. The van der Waals surface area contributed by atoms with Crippen molar-refractivity contribution in [1.82, 2.24) is 0 Å². The average molecular weight is 269 g/mol. The molecule has 0 aromatic heterocycles. The molecule has 0 saturated carbocycles. The Kier molecular flexibility index (Phi) is 3.72. The maximum absolute atomic E-state index is 13.6. The highest BCUT2D eigenvalue weighted by atomic mass is 19.1. The van der Waals surface area contributed by atoms with Gasteiger partial charge in [-0.25, -0.2) is 4.39 Å². The molecule has 0 bridgehead atoms. The zero-order chi connectivity index (χ0) is 13.9. The van der Waals surface area contributed by atoms with Gasteiger partial charge < -0.3 is 5.32 Å². The van der Waals surface area contributed by atoms with Crippen LogP contribution in [0.3, 0.4) is 0 Å². The van der Waals surface area contributed by atoms with E-state index in [9.17, 15) is 4.39 Å². The van der Waals surface area contributed by atoms with Crippen LogP contribution in [0.2, 0.25) is 0 Å². The van der Waals surface area contributed by atoms with Gasteiger partial charge in [0.05, 0.1) is 0 Å². The number of fused-ring (bicyclic) bond motifs is 1. The van der Waals surface area contributed by atoms with Gasteiger partial charge in [-0.3, -0.25) is 0 Å². The molecule has 0 aliphatic heterocycles. The minimum Gasteiger partial charge on any atom is -0.381 e. The predicted octanol–water partition coefficient (Wildman–Crippen LogP) is 4.63. The number of hydrogen-bond acceptors (Lipinski definition) is 1. The zero-order valence-corrected chi connectivity index (χ0v) is 11.9. The fourth-order valence-electron chi connectivity index (χ4n) is 2.89. The Morgan fingerprint density at radius 3 is 2.80 bits per heavy atom. The maximum Gasteiger partial charge on any atom is 0.126 e. The summed E-state index contributed by atoms with van der Waals surface area (Å²) in [6.45, 7) is 2.47. The van der Waals surface area contributed by atoms with E-state index >= 15 is 0 Å². The van der Waals surface area contributed by atoms with Crippen molar-refractivity contribution in [2.45, 2.75) is 39.2 Å². The molecule has 1 N–H and O–H groups in total. The highest BCUT2D eigenvalue weighted by Gasteiger charge is 2.12. The molecular weight excluding hydrogens is 249 g/mol. The van der Waals surface area contributed by atoms with Crippen LogP contribution in [0.1, 0.15) is 35.1 Å². The topological polar surface area (TPSA) is 12.0 Å². The lowest BCUT2D eigenvalue weighted by Gasteiger charge is -2.20. The lowest BCUT2D eigenvalue weighted by Crippen LogP contribution is -2.08. The quantitative estimate of drug-likeness (QED) is 0.857. The number of hydrogen-bond donors (Lipinski definition) is 1. The van der Waals surface area contributed by atoms with Crippen molar-refractivity contribution < 1.29 is 4.39 Å². The monoisotopic (exact) mass is 269 g/mol. The van der Waals surface area contributed by atoms with Crippen LogP contribution in [0.15, 0.2) is 36.4 Å². The third kappa shape index (κ3) is 2.69. The van der Waals surface area contributed by atoms with Gasteiger partial charge in [-0.1, -0.05) is 24.3 Å². The van der Waals surface area contributed by atoms with Crippen molar-refractivity contribution in [2.75, 3.05) is 5.32 Å². The average Bonchev–Trinajstić information content (AvgIpc) is 2.48. The van der Waals surface area contributed by atoms with Crippen LogP contribution in [0.25, 0.3) is 0 Å². The molecule has 0 fully saturated rings. The molecule has 2 aromatic rings. The van der Waals surface area contributed by atoms with Crippen molar-refractivity contribution >= 4 is 5.69 Å². The molecule has 0 saturated heterocycles. The van der Waals surface area contributed by atoms with Crippen LogP contribution in [0.4, 0.5) is 10.1 Å². The second kappa shape index (κ2) is 5.66. The largest absolute Gasteiger partial charge is 0.381 e. The fourth-order valence-corrected chi connectivity index (χ4v) is 2.89. The van der Waals surface area contributed by atoms with E-state index < -0.39 is 0 Å². The molecule has 1 aliphatic carbocycles. The third-order valence-corrected chi connectivity index (χ3v) is 4.12. The maximum atomic E-state index is 13.6. The Morgan fingerprint density at radius 2 is 1.95 bits per heavy atom. The van der Waals surface area contributed by atoms with E-state index in [1.165, 1.54) is 36.1 Å². The van der Waals surface area contributed by atoms with Gasteiger partial charge in [0.2, 0.25) is 0 Å². The second-order valence-electron chi connectivity index (χ2n) is 5.59. The van der Waals surface area contributed by atoms with Crippen molar-refractivity contribution in [3.05, 3.63) is 64.5 Å². The Balaban J connectivity index is 1.76. The number of rotatable bonds is 3. The Morgan fingerprint density at radius 1 is 1.10 bits per heavy atom. The second-order valence-corrected chi connectivity index (χ2v) is 5.59. The Bertz CT molecular complexity index is 619. The molecule has 0 unspecified atom stereocenters. The van der Waals surface area contributed by atoms with E-state index in [0.29, 0.717) is 12.1 Å². The SMILES string of the molecule is Cc1ccc(CNc2cccc3c2CCCC3)cc1F. The van der Waals surface area contributed by atoms with E-state index in [1.807, 2.05) is 12.1 Å². The first-order chi connectivity index (χ1) is 9.74. The molecule has 1 aliphatic rings. The molecule has 20 heavy (non-hydrogen) atoms. The standard InChI is InChI=1S/C18H20FN/c1-13-9-10-14(11-17(13)19)12-20-18-8-4-6-15-5-2-3-7-16(15)18/h4,6,8-11,20H,2-3,5,7,12H2,1H3. The van der Waals surface area contributed by atoms with E-state index in [0.717, 1.165) is 12.0 Å². The van der Waals surface area contributed by atoms with Crippen LogP contribution < -0.4 is 5.32 Å². The summed E-state index contributed by atoms with van der Waals surface area (Å²) in [6, 6.07) is 11.9. The molecule has 2 aromatic carbocycles. The van der Waals surface area contributed by atoms with E-state index in [-0.39, 0.29) is 5.82 Å². The zero-order valence-electron chi connectivity index (χ0n) is 11.9. The molecule has 2 heteroatoms. The summed E-state index contributed by atoms with van der Waals surface area (Å²) in [5.41, 5.74) is 5.82. The van der Waals surface area contributed by atoms with Crippen LogP contribution in [-0.2, 0) is 19.4 Å². The summed E-state index contributed by atoms with van der Waals surface area (Å²) in [5, 5.41) is 3.47. The summed E-state index contributed by atoms with van der Waals surface area (Å²) >= 11 is 0. The molecule has 1 nitrogen and oxygen atoms in total. The van der Waals surface area contributed by atoms with Crippen molar-refractivity contribution in [3.8, 4) is 0 Å². The first-order valence-corrected chi connectivity index (χ1v) is 7.34. The van der Waals surface area contributed by atoms with Crippen molar-refractivity contribution in [3.63, 3.8) is 0 Å². The number of benzene rings is 2. The van der Waals surface area contributed by atoms with Gasteiger partial charge in [0.1, 0.15) is 5.82 Å². The number of halogens is 1. The summed E-state index contributed by atoms with van der Waals surface area (Å²) in [6.07, 6.45) is 4.90. The number of anilines is 1. The first kappa shape index (κ1) is 13.2. The van der Waals surface area contributed by atoms with E-state index in [4.69, 9.17) is 0 Å². The third-order valence-electron chi connectivity index (χ3n) is 4.12. The Hall–Kier alpha value is -1.83. The molecule has 3 rings (SSSR count). The molecule has 0 radical (unpaired) electrons. The smallest absolute Gasteiger partial charge is 0.126 e. The molecule has 0 heterocycles. The fraction of sp³-hybridized carbons (Fsp3) is 0.333. The summed E-state index contributed by atoms with van der Waals surface area (Å²) in [7, 11) is 0. The van der Waals surface area contributed by atoms with Crippen LogP contribution >= 0.6 is 0 Å². The predicted molar refractivity (Wildman–Crippen MR) is 81.5 cm³/mol. The van der Waals surface area contributed by atoms with Gasteiger partial charge in [0, 0.05) is 12.2 Å². The first-order valence-electron chi connectivity index (χ1n) is 7.34. The van der Waals surface area contributed by atoms with Crippen LogP contribution in [0, 0.1) is 12.7 Å². The van der Waals surface area contributed by atoms with Gasteiger partial charge in [-0.15, -0.1) is 0 Å². The molecule has 0 atom stereocenters. The van der Waals surface area contributed by atoms with Gasteiger partial charge in [0.15, 0.2) is 0 Å². The normalized spacial score (nSPS) is 13.9. The summed E-state index contributed by atoms with van der Waals surface area (Å²) < 4.78 is 13.6. The van der Waals surface area contributed by atoms with Gasteiger partial charge in [-0.2, -0.15) is 0 Å². The van der Waals surface area contributed by atoms with Gasteiger partial charge in [0.25, 0.3) is 0 Å². The van der Waals surface area contributed by atoms with Crippen LogP contribution in [0.5, 0.6) is 0 Å². The van der Waals surface area contributed by atoms with Crippen molar-refractivity contribution in [1.29, 1.82) is 0 Å². The lowest BCUT2D eigenvalue weighted by molar-refractivity contribution is 0.616. The van der Waals surface area contributed by atoms with Gasteiger partial charge in [-0.05, 0) is 67.0 Å². The minimum absolute atomic E-state index is 0.126. The highest BCUT2D eigenvalue weighted by Crippen LogP contribution is 2.28. The summed E-state index contributed by atoms with van der Waals surface area (Å²) in [4.78, 5) is 0. The lowest BCUT2D eigenvalue weighted by atomic mass is 9.90. The Labute approximate surface area is 119 Å². The van der Waals surface area contributed by atoms with Crippen molar-refractivity contribution in [2.24, 2.45) is 0 Å². The van der Waals surface area contributed by atoms with Crippen LogP contribution in [-0.4, -0.2) is 0 Å². The molecular formula is C18H20FN. The number of aryl methyl sites for hydroxylation is 2. The van der Waals surface area contributed by atoms with E-state index in [1.54, 1.807) is 13.0 Å². The summed E-state index contributed by atoms with van der Waals surface area (Å²) in [5.74, 6) is -0.126. The molecule has 0 amide bonds. The van der Waals surface area contributed by atoms with E-state index in [2.05, 4.69) is 23.5 Å². The molecule has 0 spiro atoms. The van der Waals surface area contributed by atoms with Gasteiger partial charge >= 0.3 is 0 Å². The minimum atomic E-state index is -0.126. The number of nitrogens with one attached hydrogen (secondary N) is 1.